The minimum Gasteiger partial charge on any atom is -0.464 e. The number of carbonyl (C=O) groups is 2. The fourth-order valence-corrected chi connectivity index (χ4v) is 4.16. The summed E-state index contributed by atoms with van der Waals surface area (Å²) in [5.74, 6) is 1.27. The number of amides is 2. The van der Waals surface area contributed by atoms with E-state index in [0.717, 1.165) is 30.2 Å². The molecule has 1 fully saturated rings. The highest BCUT2D eigenvalue weighted by Crippen LogP contribution is 2.15. The number of ether oxygens (including phenoxy) is 1. The van der Waals surface area contributed by atoms with Crippen LogP contribution < -0.4 is 0 Å². The Morgan fingerprint density at radius 2 is 1.54 bits per heavy atom. The molecule has 2 heterocycles. The van der Waals surface area contributed by atoms with Crippen LogP contribution in [-0.2, 0) is 22.6 Å². The molecule has 2 aromatic carbocycles. The predicted octanol–water partition coefficient (Wildman–Crippen LogP) is 3.59. The molecule has 1 aromatic heterocycles. The van der Waals surface area contributed by atoms with Crippen molar-refractivity contribution in [2.24, 2.45) is 0 Å². The molecular formula is C28H33N3O4. The van der Waals surface area contributed by atoms with Crippen LogP contribution in [0.2, 0.25) is 0 Å². The number of aryl methyl sites for hydroxylation is 1. The minimum absolute atomic E-state index is 0.00456. The Kier molecular flexibility index (Phi) is 8.70. The van der Waals surface area contributed by atoms with Gasteiger partial charge in [0.05, 0.1) is 19.8 Å². The van der Waals surface area contributed by atoms with Gasteiger partial charge in [-0.15, -0.1) is 0 Å². The van der Waals surface area contributed by atoms with E-state index in [4.69, 9.17) is 9.15 Å². The van der Waals surface area contributed by atoms with Crippen LogP contribution in [0, 0.1) is 6.92 Å². The first kappa shape index (κ1) is 24.7. The van der Waals surface area contributed by atoms with Gasteiger partial charge in [-0.2, -0.15) is 0 Å². The molecule has 0 N–H and O–H groups in total. The zero-order valence-electron chi connectivity index (χ0n) is 20.3. The molecule has 1 aliphatic rings. The van der Waals surface area contributed by atoms with Gasteiger partial charge < -0.3 is 19.0 Å². The van der Waals surface area contributed by atoms with Crippen molar-refractivity contribution >= 4 is 11.8 Å². The van der Waals surface area contributed by atoms with Crippen molar-refractivity contribution in [3.63, 3.8) is 0 Å². The molecule has 7 nitrogen and oxygen atoms in total. The third kappa shape index (κ3) is 7.28. The summed E-state index contributed by atoms with van der Waals surface area (Å²) in [6.45, 7) is 6.90. The van der Waals surface area contributed by atoms with E-state index in [9.17, 15) is 9.59 Å². The van der Waals surface area contributed by atoms with Crippen LogP contribution in [0.15, 0.2) is 77.2 Å². The highest BCUT2D eigenvalue weighted by atomic mass is 16.5. The summed E-state index contributed by atoms with van der Waals surface area (Å²) in [6.07, 6.45) is 0. The van der Waals surface area contributed by atoms with Crippen LogP contribution in [0.25, 0.3) is 0 Å². The van der Waals surface area contributed by atoms with Gasteiger partial charge in [0.2, 0.25) is 5.91 Å². The van der Waals surface area contributed by atoms with Gasteiger partial charge in [0.25, 0.3) is 5.91 Å². The summed E-state index contributed by atoms with van der Waals surface area (Å²) in [7, 11) is 0. The van der Waals surface area contributed by atoms with Crippen molar-refractivity contribution in [3.8, 4) is 0 Å². The second-order valence-electron chi connectivity index (χ2n) is 8.79. The molecule has 7 heteroatoms. The smallest absolute Gasteiger partial charge is 0.254 e. The SMILES string of the molecule is Cc1ccc(CN(Cc2ccccc2)C(=O)CN(CCN2CCOCC2)C(=O)c2ccccc2)o1. The Hall–Kier alpha value is -3.42. The second-order valence-corrected chi connectivity index (χ2v) is 8.79. The number of nitrogens with zero attached hydrogens (tertiary/aromatic N) is 3. The first-order valence-corrected chi connectivity index (χ1v) is 12.1. The zero-order chi connectivity index (χ0) is 24.5. The maximum absolute atomic E-state index is 13.6. The average Bonchev–Trinajstić information content (AvgIpc) is 3.31. The van der Waals surface area contributed by atoms with Gasteiger partial charge in [-0.3, -0.25) is 14.5 Å². The van der Waals surface area contributed by atoms with Gasteiger partial charge in [-0.1, -0.05) is 48.5 Å². The van der Waals surface area contributed by atoms with E-state index < -0.39 is 0 Å². The van der Waals surface area contributed by atoms with Crippen LogP contribution >= 0.6 is 0 Å². The monoisotopic (exact) mass is 475 g/mol. The molecule has 4 rings (SSSR count). The molecule has 0 atom stereocenters. The molecule has 0 aliphatic carbocycles. The Morgan fingerprint density at radius 3 is 2.20 bits per heavy atom. The number of hydrogen-bond donors (Lipinski definition) is 0. The molecule has 3 aromatic rings. The Morgan fingerprint density at radius 1 is 0.857 bits per heavy atom. The standard InChI is InChI=1S/C28H33N3O4/c1-23-12-13-26(35-23)21-31(20-24-8-4-2-5-9-24)27(32)22-30(15-14-29-16-18-34-19-17-29)28(33)25-10-6-3-7-11-25/h2-13H,14-22H2,1H3. The van der Waals surface area contributed by atoms with Crippen LogP contribution in [0.4, 0.5) is 0 Å². The van der Waals surface area contributed by atoms with E-state index in [1.807, 2.05) is 67.6 Å². The van der Waals surface area contributed by atoms with Crippen molar-refractivity contribution < 1.29 is 18.7 Å². The first-order valence-electron chi connectivity index (χ1n) is 12.1. The van der Waals surface area contributed by atoms with Crippen molar-refractivity contribution in [1.82, 2.24) is 14.7 Å². The first-order chi connectivity index (χ1) is 17.1. The van der Waals surface area contributed by atoms with E-state index >= 15 is 0 Å². The summed E-state index contributed by atoms with van der Waals surface area (Å²) in [5.41, 5.74) is 1.61. The summed E-state index contributed by atoms with van der Waals surface area (Å²) < 4.78 is 11.2. The number of carbonyl (C=O) groups excluding carboxylic acids is 2. The molecule has 0 saturated carbocycles. The van der Waals surface area contributed by atoms with Crippen molar-refractivity contribution in [2.45, 2.75) is 20.0 Å². The van der Waals surface area contributed by atoms with Gasteiger partial charge in [0.15, 0.2) is 0 Å². The third-order valence-corrected chi connectivity index (χ3v) is 6.14. The molecule has 0 spiro atoms. The summed E-state index contributed by atoms with van der Waals surface area (Å²) >= 11 is 0. The van der Waals surface area contributed by atoms with E-state index in [1.165, 1.54) is 0 Å². The van der Waals surface area contributed by atoms with Crippen LogP contribution in [0.3, 0.4) is 0 Å². The van der Waals surface area contributed by atoms with E-state index in [0.29, 0.717) is 45.0 Å². The predicted molar refractivity (Wildman–Crippen MR) is 134 cm³/mol. The molecule has 184 valence electrons. The fraction of sp³-hybridized carbons (Fsp3) is 0.357. The van der Waals surface area contributed by atoms with Crippen LogP contribution in [-0.4, -0.2) is 72.5 Å². The van der Waals surface area contributed by atoms with E-state index in [1.54, 1.807) is 21.9 Å². The molecule has 0 bridgehead atoms. The van der Waals surface area contributed by atoms with Gasteiger partial charge in [0.1, 0.15) is 18.1 Å². The number of benzene rings is 2. The third-order valence-electron chi connectivity index (χ3n) is 6.14. The molecule has 0 radical (unpaired) electrons. The van der Waals surface area contributed by atoms with Crippen LogP contribution in [0.5, 0.6) is 0 Å². The number of furan rings is 1. The highest BCUT2D eigenvalue weighted by molar-refractivity contribution is 5.96. The summed E-state index contributed by atoms with van der Waals surface area (Å²) in [6, 6.07) is 22.8. The lowest BCUT2D eigenvalue weighted by Gasteiger charge is -2.31. The quantitative estimate of drug-likeness (QED) is 0.448. The molecule has 35 heavy (non-hydrogen) atoms. The normalized spacial score (nSPS) is 14.0. The number of rotatable bonds is 10. The minimum atomic E-state index is -0.138. The highest BCUT2D eigenvalue weighted by Gasteiger charge is 2.24. The van der Waals surface area contributed by atoms with Crippen molar-refractivity contribution in [1.29, 1.82) is 0 Å². The van der Waals surface area contributed by atoms with Crippen molar-refractivity contribution in [3.05, 3.63) is 95.4 Å². The Bertz CT molecular complexity index is 1080. The van der Waals surface area contributed by atoms with Crippen molar-refractivity contribution in [2.75, 3.05) is 45.9 Å². The molecule has 2 amide bonds. The largest absolute Gasteiger partial charge is 0.464 e. The average molecular weight is 476 g/mol. The topological polar surface area (TPSA) is 66.2 Å². The van der Waals surface area contributed by atoms with Gasteiger partial charge in [-0.25, -0.2) is 0 Å². The number of hydrogen-bond acceptors (Lipinski definition) is 5. The lowest BCUT2D eigenvalue weighted by molar-refractivity contribution is -0.133. The summed E-state index contributed by atoms with van der Waals surface area (Å²) in [4.78, 5) is 32.7. The molecular weight excluding hydrogens is 442 g/mol. The maximum Gasteiger partial charge on any atom is 0.254 e. The van der Waals surface area contributed by atoms with E-state index in [2.05, 4.69) is 4.90 Å². The lowest BCUT2D eigenvalue weighted by atomic mass is 10.2. The fourth-order valence-electron chi connectivity index (χ4n) is 4.16. The van der Waals surface area contributed by atoms with Gasteiger partial charge >= 0.3 is 0 Å². The Labute approximate surface area is 206 Å². The lowest BCUT2D eigenvalue weighted by Crippen LogP contribution is -2.47. The summed E-state index contributed by atoms with van der Waals surface area (Å²) in [5, 5.41) is 0. The Balaban J connectivity index is 1.51. The molecule has 1 aliphatic heterocycles. The van der Waals surface area contributed by atoms with Gasteiger partial charge in [0, 0.05) is 38.3 Å². The maximum atomic E-state index is 13.6. The van der Waals surface area contributed by atoms with Gasteiger partial charge in [-0.05, 0) is 36.8 Å². The molecule has 0 unspecified atom stereocenters. The zero-order valence-corrected chi connectivity index (χ0v) is 20.3. The number of morpholine rings is 1. The van der Waals surface area contributed by atoms with Crippen LogP contribution in [0.1, 0.15) is 27.4 Å². The second kappa shape index (κ2) is 12.3. The van der Waals surface area contributed by atoms with E-state index in [-0.39, 0.29) is 18.4 Å². The molecule has 1 saturated heterocycles.